The molecule has 3 heterocycles. The van der Waals surface area contributed by atoms with Gasteiger partial charge in [0.15, 0.2) is 0 Å². The molecule has 2 N–H and O–H groups in total. The summed E-state index contributed by atoms with van der Waals surface area (Å²) in [4.78, 5) is 25.6. The molecule has 8 nitrogen and oxygen atoms in total. The van der Waals surface area contributed by atoms with Gasteiger partial charge >= 0.3 is 6.18 Å². The first-order valence-electron chi connectivity index (χ1n) is 9.92. The molecule has 2 aromatic heterocycles. The minimum atomic E-state index is -4.40. The molecule has 0 radical (unpaired) electrons. The lowest BCUT2D eigenvalue weighted by molar-refractivity contribution is -0.115. The molecule has 1 atom stereocenters. The summed E-state index contributed by atoms with van der Waals surface area (Å²) in [6, 6.07) is 1.56. The van der Waals surface area contributed by atoms with Crippen molar-refractivity contribution in [2.75, 3.05) is 38.2 Å². The van der Waals surface area contributed by atoms with Crippen molar-refractivity contribution in [2.24, 2.45) is 0 Å². The van der Waals surface area contributed by atoms with Crippen LogP contribution < -0.4 is 10.6 Å². The molecule has 170 valence electrons. The molecule has 1 saturated heterocycles. The van der Waals surface area contributed by atoms with E-state index in [4.69, 9.17) is 9.47 Å². The maximum atomic E-state index is 12.7. The third-order valence-corrected chi connectivity index (χ3v) is 4.61. The molecule has 0 aliphatic carbocycles. The van der Waals surface area contributed by atoms with Crippen LogP contribution in [0.1, 0.15) is 42.5 Å². The fourth-order valence-electron chi connectivity index (χ4n) is 3.11. The predicted octanol–water partition coefficient (Wildman–Crippen LogP) is 2.75. The van der Waals surface area contributed by atoms with Crippen LogP contribution in [0, 0.1) is 6.92 Å². The average Bonchev–Trinajstić information content (AvgIpc) is 2.69. The number of carbonyl (C=O) groups excluding carboxylic acids is 1. The normalized spacial score (nSPS) is 17.6. The van der Waals surface area contributed by atoms with Crippen LogP contribution in [0.2, 0.25) is 0 Å². The third-order valence-electron chi connectivity index (χ3n) is 4.61. The van der Waals surface area contributed by atoms with Crippen molar-refractivity contribution in [3.05, 3.63) is 23.0 Å². The highest BCUT2D eigenvalue weighted by atomic mass is 19.4. The zero-order valence-corrected chi connectivity index (χ0v) is 17.9. The maximum absolute atomic E-state index is 12.7. The number of ether oxygens (including phenoxy) is 2. The quantitative estimate of drug-likeness (QED) is 0.736. The topological polar surface area (TPSA) is 98.3 Å². The van der Waals surface area contributed by atoms with Gasteiger partial charge in [-0.3, -0.25) is 4.79 Å². The Balaban J connectivity index is 1.92. The van der Waals surface area contributed by atoms with Gasteiger partial charge in [0.2, 0.25) is 5.95 Å². The van der Waals surface area contributed by atoms with Crippen molar-refractivity contribution in [1.82, 2.24) is 20.3 Å². The van der Waals surface area contributed by atoms with Crippen molar-refractivity contribution in [3.63, 3.8) is 0 Å². The highest BCUT2D eigenvalue weighted by molar-refractivity contribution is 5.95. The number of halogens is 3. The van der Waals surface area contributed by atoms with Crippen molar-refractivity contribution in [3.8, 4) is 0 Å². The number of anilines is 1. The average molecular weight is 441 g/mol. The number of nitrogens with zero attached hydrogens (tertiary/aromatic N) is 3. The predicted molar refractivity (Wildman–Crippen MR) is 108 cm³/mol. The number of amides is 1. The number of hydrogen-bond acceptors (Lipinski definition) is 7. The van der Waals surface area contributed by atoms with Gasteiger partial charge in [-0.15, -0.1) is 0 Å². The molecule has 0 saturated carbocycles. The smallest absolute Gasteiger partial charge is 0.376 e. The number of hydrogen-bond donors (Lipinski definition) is 2. The fraction of sp³-hybridized carbons (Fsp3) is 0.600. The van der Waals surface area contributed by atoms with Gasteiger partial charge in [0.25, 0.3) is 5.91 Å². The van der Waals surface area contributed by atoms with E-state index < -0.39 is 24.0 Å². The van der Waals surface area contributed by atoms with E-state index in [1.165, 1.54) is 0 Å². The number of alkyl halides is 3. The van der Waals surface area contributed by atoms with E-state index in [1.54, 1.807) is 13.0 Å². The molecule has 31 heavy (non-hydrogen) atoms. The van der Waals surface area contributed by atoms with E-state index >= 15 is 0 Å². The molecule has 1 fully saturated rings. The van der Waals surface area contributed by atoms with Gasteiger partial charge in [-0.2, -0.15) is 13.2 Å². The maximum Gasteiger partial charge on any atom is 0.405 e. The summed E-state index contributed by atoms with van der Waals surface area (Å²) in [5.74, 6) is -0.524. The van der Waals surface area contributed by atoms with Crippen LogP contribution in [0.25, 0.3) is 11.0 Å². The zero-order chi connectivity index (χ0) is 22.8. The van der Waals surface area contributed by atoms with Crippen molar-refractivity contribution >= 4 is 22.9 Å². The Kier molecular flexibility index (Phi) is 6.65. The Morgan fingerprint density at radius 3 is 2.52 bits per heavy atom. The number of rotatable bonds is 5. The van der Waals surface area contributed by atoms with Gasteiger partial charge in [0.1, 0.15) is 17.8 Å². The lowest BCUT2D eigenvalue weighted by Crippen LogP contribution is -2.40. The summed E-state index contributed by atoms with van der Waals surface area (Å²) in [5, 5.41) is 5.01. The molecule has 0 bridgehead atoms. The van der Waals surface area contributed by atoms with Crippen LogP contribution in [0.4, 0.5) is 19.1 Å². The lowest BCUT2D eigenvalue weighted by atomic mass is 9.90. The van der Waals surface area contributed by atoms with Crippen molar-refractivity contribution in [2.45, 2.75) is 45.4 Å². The summed E-state index contributed by atoms with van der Waals surface area (Å²) >= 11 is 0. The van der Waals surface area contributed by atoms with Crippen LogP contribution in [0.15, 0.2) is 6.07 Å². The molecule has 3 rings (SSSR count). The Hall–Kier alpha value is -2.53. The second-order valence-corrected chi connectivity index (χ2v) is 8.41. The van der Waals surface area contributed by atoms with Gasteiger partial charge in [0.05, 0.1) is 37.1 Å². The number of aromatic nitrogens is 3. The van der Waals surface area contributed by atoms with E-state index in [9.17, 15) is 18.0 Å². The summed E-state index contributed by atoms with van der Waals surface area (Å²) in [6.45, 7) is 7.77. The van der Waals surface area contributed by atoms with Crippen LogP contribution in [0.3, 0.4) is 0 Å². The van der Waals surface area contributed by atoms with Crippen LogP contribution in [0.5, 0.6) is 0 Å². The molecule has 1 aliphatic rings. The van der Waals surface area contributed by atoms with E-state index in [1.807, 2.05) is 20.8 Å². The Morgan fingerprint density at radius 1 is 1.16 bits per heavy atom. The Morgan fingerprint density at radius 2 is 1.90 bits per heavy atom. The molecule has 1 unspecified atom stereocenters. The minimum absolute atomic E-state index is 0.133. The largest absolute Gasteiger partial charge is 0.405 e. The second-order valence-electron chi connectivity index (χ2n) is 8.41. The number of aryl methyl sites for hydroxylation is 1. The number of fused-ring (bicyclic) bond motifs is 1. The fourth-order valence-corrected chi connectivity index (χ4v) is 3.11. The Labute approximate surface area is 177 Å². The molecule has 0 aromatic carbocycles. The molecular weight excluding hydrogens is 415 g/mol. The van der Waals surface area contributed by atoms with Gasteiger partial charge in [0, 0.05) is 12.0 Å². The molecule has 1 amide bonds. The van der Waals surface area contributed by atoms with Crippen molar-refractivity contribution in [1.29, 1.82) is 0 Å². The minimum Gasteiger partial charge on any atom is -0.376 e. The van der Waals surface area contributed by atoms with E-state index in [-0.39, 0.29) is 24.3 Å². The number of nitrogens with one attached hydrogen (secondary N) is 2. The Bertz CT molecular complexity index is 954. The van der Waals surface area contributed by atoms with Gasteiger partial charge in [-0.05, 0) is 18.6 Å². The highest BCUT2D eigenvalue weighted by Gasteiger charge is 2.29. The summed E-state index contributed by atoms with van der Waals surface area (Å²) in [7, 11) is 0. The first kappa shape index (κ1) is 23.1. The van der Waals surface area contributed by atoms with Crippen molar-refractivity contribution < 1.29 is 27.4 Å². The highest BCUT2D eigenvalue weighted by Crippen LogP contribution is 2.29. The summed E-state index contributed by atoms with van der Waals surface area (Å²) in [5.41, 5.74) is 1.46. The lowest BCUT2D eigenvalue weighted by Gasteiger charge is -2.23. The first-order chi connectivity index (χ1) is 14.4. The van der Waals surface area contributed by atoms with Gasteiger partial charge < -0.3 is 20.1 Å². The SMILES string of the molecule is Cc1cc(C(=O)NCC2COCCO2)nc2c(C(C)(C)C)nc(NCC(F)(F)F)nc12. The summed E-state index contributed by atoms with van der Waals surface area (Å²) < 4.78 is 48.7. The van der Waals surface area contributed by atoms with E-state index in [0.717, 1.165) is 0 Å². The molecule has 11 heteroatoms. The summed E-state index contributed by atoms with van der Waals surface area (Å²) in [6.07, 6.45) is -4.63. The number of carbonyl (C=O) groups is 1. The van der Waals surface area contributed by atoms with Crippen LogP contribution in [-0.4, -0.2) is 66.0 Å². The monoisotopic (exact) mass is 441 g/mol. The molecular formula is C20H26F3N5O3. The number of pyridine rings is 1. The van der Waals surface area contributed by atoms with Crippen LogP contribution >= 0.6 is 0 Å². The third kappa shape index (κ3) is 6.01. The zero-order valence-electron chi connectivity index (χ0n) is 17.9. The standard InChI is InChI=1S/C20H26F3N5O3/c1-11-7-13(17(29)24-8-12-9-30-5-6-31-12)26-15-14(11)27-18(25-10-20(21,22)23)28-16(15)19(2,3)4/h7,12H,5-6,8-10H2,1-4H3,(H,24,29)(H,25,27,28). The van der Waals surface area contributed by atoms with E-state index in [2.05, 4.69) is 25.6 Å². The molecule has 0 spiro atoms. The molecule has 2 aromatic rings. The molecule has 1 aliphatic heterocycles. The van der Waals surface area contributed by atoms with Crippen LogP contribution in [-0.2, 0) is 14.9 Å². The first-order valence-corrected chi connectivity index (χ1v) is 9.92. The van der Waals surface area contributed by atoms with Gasteiger partial charge in [-0.1, -0.05) is 20.8 Å². The van der Waals surface area contributed by atoms with E-state index in [0.29, 0.717) is 42.1 Å². The second kappa shape index (κ2) is 8.91. The van der Waals surface area contributed by atoms with Gasteiger partial charge in [-0.25, -0.2) is 15.0 Å².